The number of carbonyl (C=O) groups excluding carboxylic acids is 1. The highest BCUT2D eigenvalue weighted by molar-refractivity contribution is 7.14. The maximum atomic E-state index is 12.9. The number of hydrogen-bond acceptors (Lipinski definition) is 8. The van der Waals surface area contributed by atoms with Crippen molar-refractivity contribution in [3.8, 4) is 10.6 Å². The Bertz CT molecular complexity index is 1350. The van der Waals surface area contributed by atoms with Gasteiger partial charge in [-0.1, -0.05) is 29.5 Å². The molecule has 160 valence electrons. The summed E-state index contributed by atoms with van der Waals surface area (Å²) in [6.07, 6.45) is 6.45. The molecule has 0 saturated carbocycles. The number of aryl methyl sites for hydroxylation is 1. The molecule has 4 aromatic rings. The van der Waals surface area contributed by atoms with Gasteiger partial charge in [-0.3, -0.25) is 15.1 Å². The van der Waals surface area contributed by atoms with E-state index < -0.39 is 0 Å². The number of fused-ring (bicyclic) bond motifs is 1. The zero-order chi connectivity index (χ0) is 22.1. The molecule has 1 aromatic carbocycles. The van der Waals surface area contributed by atoms with E-state index in [2.05, 4.69) is 48.5 Å². The maximum Gasteiger partial charge on any atom is 0.258 e. The molecule has 0 aliphatic carbocycles. The number of anilines is 1. The Balaban J connectivity index is 1.38. The number of rotatable bonds is 4. The van der Waals surface area contributed by atoms with Crippen LogP contribution in [0.25, 0.3) is 27.0 Å². The zero-order valence-corrected chi connectivity index (χ0v) is 18.6. The maximum absolute atomic E-state index is 12.9. The van der Waals surface area contributed by atoms with E-state index in [9.17, 15) is 4.79 Å². The van der Waals surface area contributed by atoms with Crippen molar-refractivity contribution < 1.29 is 4.79 Å². The summed E-state index contributed by atoms with van der Waals surface area (Å²) in [5, 5.41) is 13.7. The number of likely N-dealkylation sites (N-methyl/N-ethyl adjacent to an activating group) is 1. The van der Waals surface area contributed by atoms with E-state index >= 15 is 0 Å². The largest absolute Gasteiger partial charge is 0.302 e. The van der Waals surface area contributed by atoms with Gasteiger partial charge in [-0.25, -0.2) is 9.97 Å². The first kappa shape index (κ1) is 20.3. The molecule has 0 radical (unpaired) electrons. The van der Waals surface area contributed by atoms with Gasteiger partial charge in [0.05, 0.1) is 11.2 Å². The fraction of sp³-hybridized carbons (Fsp3) is 0.217. The minimum absolute atomic E-state index is 0.255. The Hall–Kier alpha value is -3.56. The van der Waals surface area contributed by atoms with Gasteiger partial charge >= 0.3 is 0 Å². The molecule has 1 aliphatic heterocycles. The van der Waals surface area contributed by atoms with Gasteiger partial charge in [-0.15, -0.1) is 10.2 Å². The number of aromatic nitrogens is 5. The van der Waals surface area contributed by atoms with Crippen molar-refractivity contribution in [1.29, 1.82) is 0 Å². The Morgan fingerprint density at radius 3 is 2.84 bits per heavy atom. The van der Waals surface area contributed by atoms with Gasteiger partial charge in [0.15, 0.2) is 0 Å². The van der Waals surface area contributed by atoms with Gasteiger partial charge in [0.25, 0.3) is 5.91 Å². The van der Waals surface area contributed by atoms with E-state index in [-0.39, 0.29) is 11.9 Å². The second kappa shape index (κ2) is 8.52. The molecule has 1 amide bonds. The molecule has 4 heterocycles. The summed E-state index contributed by atoms with van der Waals surface area (Å²) in [5.74, 6) is -0.0117. The number of amides is 1. The highest BCUT2D eigenvalue weighted by Crippen LogP contribution is 2.26. The normalized spacial score (nSPS) is 14.4. The third kappa shape index (κ3) is 4.25. The molecule has 0 saturated heterocycles. The molecule has 0 spiro atoms. The lowest BCUT2D eigenvalue weighted by molar-refractivity contribution is 0.102. The van der Waals surface area contributed by atoms with Crippen LogP contribution in [0.4, 0.5) is 5.95 Å². The smallest absolute Gasteiger partial charge is 0.258 e. The van der Waals surface area contributed by atoms with Crippen LogP contribution < -0.4 is 5.32 Å². The van der Waals surface area contributed by atoms with Crippen LogP contribution >= 0.6 is 11.3 Å². The minimum Gasteiger partial charge on any atom is -0.302 e. The first-order valence-corrected chi connectivity index (χ1v) is 11.1. The molecule has 1 aliphatic rings. The summed E-state index contributed by atoms with van der Waals surface area (Å²) in [4.78, 5) is 28.4. The average molecular weight is 444 g/mol. The molecular weight excluding hydrogens is 422 g/mol. The molecule has 0 atom stereocenters. The average Bonchev–Trinajstić information content (AvgIpc) is 3.25. The number of carbonyl (C=O) groups is 1. The first-order valence-electron chi connectivity index (χ1n) is 10.3. The van der Waals surface area contributed by atoms with Gasteiger partial charge in [0.2, 0.25) is 5.95 Å². The monoisotopic (exact) mass is 443 g/mol. The summed E-state index contributed by atoms with van der Waals surface area (Å²) < 4.78 is 0. The Labute approximate surface area is 189 Å². The summed E-state index contributed by atoms with van der Waals surface area (Å²) >= 11 is 1.53. The van der Waals surface area contributed by atoms with Crippen molar-refractivity contribution >= 4 is 39.7 Å². The van der Waals surface area contributed by atoms with Gasteiger partial charge < -0.3 is 4.90 Å². The third-order valence-electron chi connectivity index (χ3n) is 5.34. The van der Waals surface area contributed by atoms with Crippen molar-refractivity contribution in [3.63, 3.8) is 0 Å². The van der Waals surface area contributed by atoms with E-state index in [4.69, 9.17) is 0 Å². The summed E-state index contributed by atoms with van der Waals surface area (Å²) in [6, 6.07) is 9.37. The SMILES string of the molecule is Cc1nnc(-c2ccc3cnc(NC(=O)c4ccnc(C5=CCN(C)CC5)c4)nc3c2)s1. The van der Waals surface area contributed by atoms with Gasteiger partial charge in [0.1, 0.15) is 10.0 Å². The molecule has 3 aromatic heterocycles. The Morgan fingerprint density at radius 2 is 2.06 bits per heavy atom. The van der Waals surface area contributed by atoms with Crippen LogP contribution in [0.1, 0.15) is 27.5 Å². The molecule has 1 N–H and O–H groups in total. The van der Waals surface area contributed by atoms with Crippen molar-refractivity contribution in [2.45, 2.75) is 13.3 Å². The summed E-state index contributed by atoms with van der Waals surface area (Å²) in [7, 11) is 2.09. The van der Waals surface area contributed by atoms with Crippen molar-refractivity contribution in [2.24, 2.45) is 0 Å². The number of hydrogen-bond donors (Lipinski definition) is 1. The predicted molar refractivity (Wildman–Crippen MR) is 125 cm³/mol. The lowest BCUT2D eigenvalue weighted by Crippen LogP contribution is -2.24. The van der Waals surface area contributed by atoms with Gasteiger partial charge in [-0.05, 0) is 44.2 Å². The predicted octanol–water partition coefficient (Wildman–Crippen LogP) is 3.82. The summed E-state index contributed by atoms with van der Waals surface area (Å²) in [6.45, 7) is 3.79. The lowest BCUT2D eigenvalue weighted by atomic mass is 10.0. The number of pyridine rings is 1. The summed E-state index contributed by atoms with van der Waals surface area (Å²) in [5.41, 5.74) is 4.19. The van der Waals surface area contributed by atoms with Gasteiger partial charge in [-0.2, -0.15) is 0 Å². The van der Waals surface area contributed by atoms with E-state index in [1.54, 1.807) is 18.5 Å². The lowest BCUT2D eigenvalue weighted by Gasteiger charge is -2.21. The van der Waals surface area contributed by atoms with E-state index in [1.165, 1.54) is 16.9 Å². The van der Waals surface area contributed by atoms with Crippen molar-refractivity contribution in [3.05, 3.63) is 65.1 Å². The zero-order valence-electron chi connectivity index (χ0n) is 17.7. The van der Waals surface area contributed by atoms with E-state index in [0.717, 1.165) is 51.7 Å². The second-order valence-electron chi connectivity index (χ2n) is 7.72. The number of nitrogens with zero attached hydrogens (tertiary/aromatic N) is 6. The van der Waals surface area contributed by atoms with Crippen molar-refractivity contribution in [2.75, 3.05) is 25.5 Å². The third-order valence-corrected chi connectivity index (χ3v) is 6.23. The highest BCUT2D eigenvalue weighted by Gasteiger charge is 2.14. The Morgan fingerprint density at radius 1 is 1.16 bits per heavy atom. The molecule has 32 heavy (non-hydrogen) atoms. The van der Waals surface area contributed by atoms with Crippen LogP contribution in [-0.4, -0.2) is 56.1 Å². The standard InChI is InChI=1S/C23H21N7OS/c1-14-28-29-22(32-14)17-3-4-18-13-25-23(26-20(18)12-17)27-21(31)16-5-8-24-19(11-16)15-6-9-30(2)10-7-15/h3-6,8,11-13H,7,9-10H2,1-2H3,(H,25,26,27,31). The van der Waals surface area contributed by atoms with Crippen LogP contribution in [0.15, 0.2) is 48.8 Å². The molecule has 0 fully saturated rings. The quantitative estimate of drug-likeness (QED) is 0.512. The van der Waals surface area contributed by atoms with Crippen LogP contribution in [0.5, 0.6) is 0 Å². The highest BCUT2D eigenvalue weighted by atomic mass is 32.1. The first-order chi connectivity index (χ1) is 15.5. The minimum atomic E-state index is -0.266. The molecule has 8 nitrogen and oxygen atoms in total. The van der Waals surface area contributed by atoms with Gasteiger partial charge in [0, 0.05) is 42.0 Å². The van der Waals surface area contributed by atoms with Crippen LogP contribution in [0, 0.1) is 6.92 Å². The number of nitrogens with one attached hydrogen (secondary N) is 1. The molecule has 9 heteroatoms. The van der Waals surface area contributed by atoms with Crippen LogP contribution in [0.3, 0.4) is 0 Å². The number of benzene rings is 1. The molecule has 5 rings (SSSR count). The fourth-order valence-corrected chi connectivity index (χ4v) is 4.24. The van der Waals surface area contributed by atoms with Crippen LogP contribution in [-0.2, 0) is 0 Å². The molecular formula is C23H21N7OS. The molecule has 0 bridgehead atoms. The van der Waals surface area contributed by atoms with E-state index in [1.807, 2.05) is 31.2 Å². The topological polar surface area (TPSA) is 96.8 Å². The van der Waals surface area contributed by atoms with Crippen molar-refractivity contribution in [1.82, 2.24) is 30.0 Å². The van der Waals surface area contributed by atoms with Crippen LogP contribution in [0.2, 0.25) is 0 Å². The molecule has 0 unspecified atom stereocenters. The van der Waals surface area contributed by atoms with E-state index in [0.29, 0.717) is 5.56 Å². The second-order valence-corrected chi connectivity index (χ2v) is 8.90. The fourth-order valence-electron chi connectivity index (χ4n) is 3.55. The Kier molecular flexibility index (Phi) is 5.42.